The summed E-state index contributed by atoms with van der Waals surface area (Å²) in [5, 5.41) is 13.8. The molecule has 1 aromatic carbocycles. The summed E-state index contributed by atoms with van der Waals surface area (Å²) in [6.07, 6.45) is 6.72. The molecule has 29 heavy (non-hydrogen) atoms. The van der Waals surface area contributed by atoms with E-state index in [0.29, 0.717) is 37.2 Å². The van der Waals surface area contributed by atoms with Gasteiger partial charge >= 0.3 is 0 Å². The number of rotatable bonds is 5. The van der Waals surface area contributed by atoms with Gasteiger partial charge in [0.25, 0.3) is 0 Å². The average Bonchev–Trinajstić information content (AvgIpc) is 3.05. The summed E-state index contributed by atoms with van der Waals surface area (Å²) in [6.45, 7) is 0.193. The first-order chi connectivity index (χ1) is 14.0. The molecule has 0 aliphatic carbocycles. The molecule has 0 atom stereocenters. The van der Waals surface area contributed by atoms with Gasteiger partial charge in [-0.15, -0.1) is 0 Å². The number of allylic oxidation sites excluding steroid dienone is 1. The van der Waals surface area contributed by atoms with Gasteiger partial charge in [0.2, 0.25) is 11.7 Å². The van der Waals surface area contributed by atoms with Gasteiger partial charge in [-0.2, -0.15) is 0 Å². The van der Waals surface area contributed by atoms with E-state index in [1.807, 2.05) is 0 Å². The SMILES string of the molecule is CNc1ncc(COc2cc(/C=C3\Sc4ncccc4C3=O)c(Br)cc2O)cn1. The maximum Gasteiger partial charge on any atom is 0.222 e. The van der Waals surface area contributed by atoms with Crippen molar-refractivity contribution in [2.75, 3.05) is 12.4 Å². The number of nitrogens with one attached hydrogen (secondary N) is 1. The van der Waals surface area contributed by atoms with Gasteiger partial charge in [-0.3, -0.25) is 4.79 Å². The minimum absolute atomic E-state index is 0.0119. The van der Waals surface area contributed by atoms with Crippen molar-refractivity contribution < 1.29 is 14.6 Å². The number of pyridine rings is 1. The van der Waals surface area contributed by atoms with Crippen LogP contribution < -0.4 is 10.1 Å². The number of nitrogens with zero attached hydrogens (tertiary/aromatic N) is 3. The first-order valence-corrected chi connectivity index (χ1v) is 10.2. The number of phenolic OH excluding ortho intramolecular Hbond substituents is 1. The second kappa shape index (κ2) is 8.22. The van der Waals surface area contributed by atoms with Crippen molar-refractivity contribution in [2.24, 2.45) is 0 Å². The fraction of sp³-hybridized carbons (Fsp3) is 0.100. The van der Waals surface area contributed by atoms with Gasteiger partial charge < -0.3 is 15.2 Å². The second-order valence-corrected chi connectivity index (χ2v) is 7.98. The first kappa shape index (κ1) is 19.4. The Hall–Kier alpha value is -2.91. The van der Waals surface area contributed by atoms with Gasteiger partial charge in [-0.25, -0.2) is 15.0 Å². The van der Waals surface area contributed by atoms with Gasteiger partial charge in [0, 0.05) is 35.7 Å². The highest BCUT2D eigenvalue weighted by Gasteiger charge is 2.27. The molecule has 3 heterocycles. The quantitative estimate of drug-likeness (QED) is 0.532. The molecule has 1 aliphatic rings. The molecule has 0 unspecified atom stereocenters. The summed E-state index contributed by atoms with van der Waals surface area (Å²) in [7, 11) is 1.74. The zero-order valence-electron chi connectivity index (χ0n) is 15.2. The third-order valence-corrected chi connectivity index (χ3v) is 5.86. The molecule has 0 spiro atoms. The van der Waals surface area contributed by atoms with E-state index in [4.69, 9.17) is 4.74 Å². The van der Waals surface area contributed by atoms with Crippen LogP contribution in [0.5, 0.6) is 11.5 Å². The molecule has 146 valence electrons. The lowest BCUT2D eigenvalue weighted by atomic mass is 10.1. The fourth-order valence-electron chi connectivity index (χ4n) is 2.67. The number of hydrogen-bond donors (Lipinski definition) is 2. The zero-order valence-corrected chi connectivity index (χ0v) is 17.6. The minimum Gasteiger partial charge on any atom is -0.504 e. The van der Waals surface area contributed by atoms with Crippen LogP contribution in [0.25, 0.3) is 6.08 Å². The summed E-state index contributed by atoms with van der Waals surface area (Å²) in [5.41, 5.74) is 2.07. The van der Waals surface area contributed by atoms with Crippen LogP contribution in [0.3, 0.4) is 0 Å². The van der Waals surface area contributed by atoms with Crippen molar-refractivity contribution in [1.29, 1.82) is 0 Å². The van der Waals surface area contributed by atoms with Crippen molar-refractivity contribution in [3.63, 3.8) is 0 Å². The molecule has 2 N–H and O–H groups in total. The lowest BCUT2D eigenvalue weighted by Crippen LogP contribution is -2.01. The van der Waals surface area contributed by atoms with E-state index in [0.717, 1.165) is 5.56 Å². The van der Waals surface area contributed by atoms with Crippen LogP contribution in [0.2, 0.25) is 0 Å². The van der Waals surface area contributed by atoms with E-state index < -0.39 is 0 Å². The van der Waals surface area contributed by atoms with Crippen LogP contribution >= 0.6 is 27.7 Å². The molecule has 0 saturated carbocycles. The number of aromatic hydroxyl groups is 1. The summed E-state index contributed by atoms with van der Waals surface area (Å²) in [4.78, 5) is 25.6. The molecular weight excluding hydrogens is 456 g/mol. The Morgan fingerprint density at radius 3 is 2.79 bits per heavy atom. The molecule has 0 radical (unpaired) electrons. The molecule has 3 aromatic rings. The van der Waals surface area contributed by atoms with E-state index in [2.05, 4.69) is 36.2 Å². The van der Waals surface area contributed by atoms with Gasteiger partial charge in [0.1, 0.15) is 11.6 Å². The number of carbonyl (C=O) groups excluding carboxylic acids is 1. The molecule has 0 bridgehead atoms. The largest absolute Gasteiger partial charge is 0.504 e. The number of phenols is 1. The predicted octanol–water partition coefficient (Wildman–Crippen LogP) is 4.29. The minimum atomic E-state index is -0.0673. The highest BCUT2D eigenvalue weighted by molar-refractivity contribution is 9.10. The Bertz CT molecular complexity index is 1120. The third-order valence-electron chi connectivity index (χ3n) is 4.13. The van der Waals surface area contributed by atoms with Gasteiger partial charge in [-0.05, 0) is 35.9 Å². The Labute approximate surface area is 179 Å². The lowest BCUT2D eigenvalue weighted by molar-refractivity contribution is 0.104. The van der Waals surface area contributed by atoms with Crippen molar-refractivity contribution in [3.05, 3.63) is 68.9 Å². The van der Waals surface area contributed by atoms with Crippen molar-refractivity contribution in [1.82, 2.24) is 15.0 Å². The van der Waals surface area contributed by atoms with Crippen molar-refractivity contribution in [2.45, 2.75) is 11.6 Å². The van der Waals surface area contributed by atoms with Crippen LogP contribution in [0.1, 0.15) is 21.5 Å². The van der Waals surface area contributed by atoms with E-state index in [1.54, 1.807) is 49.9 Å². The predicted molar refractivity (Wildman–Crippen MR) is 114 cm³/mol. The number of carbonyl (C=O) groups is 1. The number of Topliss-reactive ketones (excluding diaryl/α,β-unsaturated/α-hetero) is 1. The molecular formula is C20H15BrN4O3S. The van der Waals surface area contributed by atoms with E-state index >= 15 is 0 Å². The third kappa shape index (κ3) is 4.10. The Morgan fingerprint density at radius 2 is 2.07 bits per heavy atom. The van der Waals surface area contributed by atoms with Gasteiger partial charge in [0.15, 0.2) is 11.5 Å². The van der Waals surface area contributed by atoms with Crippen LogP contribution in [0.15, 0.2) is 57.3 Å². The van der Waals surface area contributed by atoms with Gasteiger partial charge in [-0.1, -0.05) is 27.7 Å². The van der Waals surface area contributed by atoms with Crippen LogP contribution in [0, 0.1) is 0 Å². The summed E-state index contributed by atoms with van der Waals surface area (Å²) in [6, 6.07) is 6.73. The van der Waals surface area contributed by atoms with Crippen LogP contribution in [-0.4, -0.2) is 32.9 Å². The standard InChI is InChI=1S/C20H15BrN4O3S/c1-22-20-24-8-11(9-25-20)10-28-16-5-12(14(21)7-15(16)26)6-17-18(27)13-3-2-4-23-19(13)29-17/h2-9,26H,10H2,1H3,(H,22,24,25)/b17-6-. The average molecular weight is 471 g/mol. The Morgan fingerprint density at radius 1 is 1.28 bits per heavy atom. The molecule has 0 fully saturated rings. The topological polar surface area (TPSA) is 97.2 Å². The number of hydrogen-bond acceptors (Lipinski definition) is 8. The number of benzene rings is 1. The Kier molecular flexibility index (Phi) is 5.50. The molecule has 4 rings (SSSR count). The summed E-state index contributed by atoms with van der Waals surface area (Å²) in [5.74, 6) is 0.733. The normalized spacial score (nSPS) is 14.1. The van der Waals surface area contributed by atoms with E-state index in [-0.39, 0.29) is 18.1 Å². The Balaban J connectivity index is 1.57. The van der Waals surface area contributed by atoms with Crippen LogP contribution in [0.4, 0.5) is 5.95 Å². The zero-order chi connectivity index (χ0) is 20.4. The fourth-order valence-corrected chi connectivity index (χ4v) is 4.10. The molecule has 2 aromatic heterocycles. The molecule has 1 aliphatic heterocycles. The van der Waals surface area contributed by atoms with Gasteiger partial charge in [0.05, 0.1) is 10.5 Å². The number of halogens is 1. The van der Waals surface area contributed by atoms with Crippen LogP contribution in [-0.2, 0) is 6.61 Å². The molecule has 9 heteroatoms. The maximum atomic E-state index is 12.6. The summed E-state index contributed by atoms with van der Waals surface area (Å²) < 4.78 is 6.39. The van der Waals surface area contributed by atoms with Crippen molar-refractivity contribution >= 4 is 45.5 Å². The first-order valence-electron chi connectivity index (χ1n) is 8.58. The summed E-state index contributed by atoms with van der Waals surface area (Å²) >= 11 is 4.76. The van der Waals surface area contributed by atoms with E-state index in [1.165, 1.54) is 17.8 Å². The molecule has 7 nitrogen and oxygen atoms in total. The highest BCUT2D eigenvalue weighted by atomic mass is 79.9. The second-order valence-electron chi connectivity index (χ2n) is 6.09. The molecule has 0 saturated heterocycles. The number of fused-ring (bicyclic) bond motifs is 1. The molecule has 0 amide bonds. The maximum absolute atomic E-state index is 12.6. The van der Waals surface area contributed by atoms with Crippen molar-refractivity contribution in [3.8, 4) is 11.5 Å². The monoisotopic (exact) mass is 470 g/mol. The smallest absolute Gasteiger partial charge is 0.222 e. The number of aromatic nitrogens is 3. The highest BCUT2D eigenvalue weighted by Crippen LogP contribution is 2.41. The van der Waals surface area contributed by atoms with E-state index in [9.17, 15) is 9.90 Å². The number of anilines is 1. The lowest BCUT2D eigenvalue weighted by Gasteiger charge is -2.11. The number of ether oxygens (including phenoxy) is 1. The number of thioether (sulfide) groups is 1. The number of ketones is 1.